The SMILES string of the molecule is CS(=O)(=O)CCS(=O)(=O)O.C[C@@H]1CCc2ncc(F)cc2[C@H]2CCCN2c2ccn3ncc(c3n2)C(=O)N1. The fraction of sp³-hybridized carbons (Fsp3) is 0.478. The number of halogens is 1. The minimum atomic E-state index is -4.14. The van der Waals surface area contributed by atoms with Gasteiger partial charge >= 0.3 is 0 Å². The number of nitrogens with zero attached hydrogens (tertiary/aromatic N) is 5. The molecule has 2 atom stereocenters. The molecule has 2 aliphatic rings. The summed E-state index contributed by atoms with van der Waals surface area (Å²) in [5.41, 5.74) is 2.81. The summed E-state index contributed by atoms with van der Waals surface area (Å²) in [6, 6.07) is 3.48. The van der Waals surface area contributed by atoms with Gasteiger partial charge in [-0.05, 0) is 50.3 Å². The normalized spacial score (nSPS) is 19.9. The minimum absolute atomic E-state index is 0.0271. The van der Waals surface area contributed by atoms with E-state index in [-0.39, 0.29) is 23.8 Å². The van der Waals surface area contributed by atoms with Gasteiger partial charge in [-0.2, -0.15) is 13.5 Å². The van der Waals surface area contributed by atoms with Gasteiger partial charge in [0.25, 0.3) is 16.0 Å². The lowest BCUT2D eigenvalue weighted by atomic mass is 9.98. The second-order valence-electron chi connectivity index (χ2n) is 9.48. The zero-order valence-electron chi connectivity index (χ0n) is 20.9. The molecule has 0 aromatic carbocycles. The third-order valence-corrected chi connectivity index (χ3v) is 8.30. The number of amides is 1. The molecule has 1 fully saturated rings. The van der Waals surface area contributed by atoms with Crippen LogP contribution < -0.4 is 10.2 Å². The molecular weight excluding hydrogens is 539 g/mol. The van der Waals surface area contributed by atoms with Crippen LogP contribution in [0.1, 0.15) is 53.8 Å². The maximum Gasteiger partial charge on any atom is 0.265 e. The number of sulfone groups is 1. The van der Waals surface area contributed by atoms with Crippen LogP contribution in [0.2, 0.25) is 0 Å². The highest BCUT2D eigenvalue weighted by atomic mass is 32.2. The Morgan fingerprint density at radius 1 is 1.18 bits per heavy atom. The third kappa shape index (κ3) is 6.82. The van der Waals surface area contributed by atoms with E-state index in [1.54, 1.807) is 16.8 Å². The first-order valence-electron chi connectivity index (χ1n) is 12.0. The predicted octanol–water partition coefficient (Wildman–Crippen LogP) is 1.59. The van der Waals surface area contributed by atoms with Crippen molar-refractivity contribution >= 4 is 37.3 Å². The van der Waals surface area contributed by atoms with Gasteiger partial charge in [0.1, 0.15) is 27.0 Å². The average Bonchev–Trinajstić information content (AvgIpc) is 3.48. The van der Waals surface area contributed by atoms with Gasteiger partial charge in [0.15, 0.2) is 5.65 Å². The molecule has 1 saturated heterocycles. The zero-order chi connectivity index (χ0) is 27.7. The number of carbonyl (C=O) groups is 1. The van der Waals surface area contributed by atoms with E-state index in [0.29, 0.717) is 17.6 Å². The van der Waals surface area contributed by atoms with Crippen molar-refractivity contribution in [1.82, 2.24) is 24.9 Å². The van der Waals surface area contributed by atoms with E-state index in [1.165, 1.54) is 6.20 Å². The molecule has 0 spiro atoms. The van der Waals surface area contributed by atoms with Crippen LogP contribution in [0.25, 0.3) is 5.65 Å². The van der Waals surface area contributed by atoms with Crippen molar-refractivity contribution in [2.24, 2.45) is 0 Å². The summed E-state index contributed by atoms with van der Waals surface area (Å²) >= 11 is 0. The highest BCUT2D eigenvalue weighted by Gasteiger charge is 2.31. The molecule has 0 unspecified atom stereocenters. The molecule has 2 N–H and O–H groups in total. The molecule has 206 valence electrons. The number of hydrogen-bond donors (Lipinski definition) is 2. The number of fused-ring (bicyclic) bond motifs is 5. The molecule has 0 saturated carbocycles. The number of hydrogen-bond acceptors (Lipinski definition) is 9. The van der Waals surface area contributed by atoms with E-state index in [9.17, 15) is 26.0 Å². The van der Waals surface area contributed by atoms with Crippen LogP contribution in [0.15, 0.2) is 30.7 Å². The Morgan fingerprint density at radius 2 is 1.95 bits per heavy atom. The summed E-state index contributed by atoms with van der Waals surface area (Å²) in [5, 5.41) is 7.27. The van der Waals surface area contributed by atoms with Gasteiger partial charge in [0.05, 0.1) is 29.9 Å². The lowest BCUT2D eigenvalue weighted by Gasteiger charge is -2.27. The van der Waals surface area contributed by atoms with Crippen molar-refractivity contribution in [1.29, 1.82) is 0 Å². The molecular formula is C23H29FN6O6S2. The number of pyridine rings is 1. The first-order valence-corrected chi connectivity index (χ1v) is 15.7. The summed E-state index contributed by atoms with van der Waals surface area (Å²) in [6.45, 7) is 2.79. The standard InChI is InChI=1S/C20H21FN6O.C3H8O5S2/c1-12-4-5-16-14(9-13(21)10-22-16)17-3-2-7-26(17)18-6-8-27-19(25-18)15(11-23-27)20(28)24-12;1-9(4,5)2-3-10(6,7)8/h6,8-12,17H,2-5,7H2,1H3,(H,24,28);2-3H2,1H3,(H,6,7,8)/t12-,17-;/m1./s1. The molecule has 1 amide bonds. The molecule has 2 aliphatic heterocycles. The van der Waals surface area contributed by atoms with Crippen molar-refractivity contribution in [3.63, 3.8) is 0 Å². The smallest absolute Gasteiger partial charge is 0.265 e. The van der Waals surface area contributed by atoms with Gasteiger partial charge in [-0.15, -0.1) is 0 Å². The molecule has 5 rings (SSSR count). The maximum atomic E-state index is 14.1. The second-order valence-corrected chi connectivity index (χ2v) is 13.3. The Balaban J connectivity index is 0.000000289. The number of anilines is 1. The lowest BCUT2D eigenvalue weighted by Crippen LogP contribution is -2.33. The zero-order valence-corrected chi connectivity index (χ0v) is 22.5. The van der Waals surface area contributed by atoms with Crippen LogP contribution in [0.5, 0.6) is 0 Å². The van der Waals surface area contributed by atoms with Crippen LogP contribution in [0.3, 0.4) is 0 Å². The first-order chi connectivity index (χ1) is 17.8. The Bertz CT molecular complexity index is 1530. The van der Waals surface area contributed by atoms with E-state index in [1.807, 2.05) is 19.2 Å². The number of aryl methyl sites for hydroxylation is 1. The maximum absolute atomic E-state index is 14.1. The molecule has 38 heavy (non-hydrogen) atoms. The fourth-order valence-corrected chi connectivity index (χ4v) is 6.56. The van der Waals surface area contributed by atoms with E-state index < -0.39 is 31.5 Å². The Kier molecular flexibility index (Phi) is 7.99. The third-order valence-electron chi connectivity index (χ3n) is 6.38. The molecule has 2 bridgehead atoms. The van der Waals surface area contributed by atoms with Crippen molar-refractivity contribution in [3.8, 4) is 0 Å². The van der Waals surface area contributed by atoms with E-state index in [4.69, 9.17) is 9.54 Å². The largest absolute Gasteiger partial charge is 0.349 e. The Morgan fingerprint density at radius 3 is 2.63 bits per heavy atom. The van der Waals surface area contributed by atoms with Gasteiger partial charge in [0, 0.05) is 30.7 Å². The molecule has 5 heterocycles. The Hall–Kier alpha value is -3.17. The molecule has 0 aliphatic carbocycles. The first kappa shape index (κ1) is 27.9. The van der Waals surface area contributed by atoms with E-state index in [2.05, 4.69) is 20.3 Å². The summed E-state index contributed by atoms with van der Waals surface area (Å²) in [5.74, 6) is -1.00. The van der Waals surface area contributed by atoms with Gasteiger partial charge in [0.2, 0.25) is 0 Å². The quantitative estimate of drug-likeness (QED) is 0.443. The molecule has 0 radical (unpaired) electrons. The summed E-state index contributed by atoms with van der Waals surface area (Å²) in [6.07, 6.45) is 8.87. The summed E-state index contributed by atoms with van der Waals surface area (Å²) < 4.78 is 64.3. The fourth-order valence-electron chi connectivity index (χ4n) is 4.51. The number of carbonyl (C=O) groups excluding carboxylic acids is 1. The highest BCUT2D eigenvalue weighted by Crippen LogP contribution is 2.37. The second kappa shape index (κ2) is 10.9. The van der Waals surface area contributed by atoms with Crippen LogP contribution in [0.4, 0.5) is 10.2 Å². The highest BCUT2D eigenvalue weighted by molar-refractivity contribution is 7.92. The number of nitrogens with one attached hydrogen (secondary N) is 1. The number of aromatic nitrogens is 4. The molecule has 15 heteroatoms. The van der Waals surface area contributed by atoms with Crippen molar-refractivity contribution in [3.05, 3.63) is 53.4 Å². The topological polar surface area (TPSA) is 164 Å². The van der Waals surface area contributed by atoms with Crippen LogP contribution >= 0.6 is 0 Å². The van der Waals surface area contributed by atoms with Gasteiger partial charge in [-0.3, -0.25) is 14.3 Å². The minimum Gasteiger partial charge on any atom is -0.349 e. The van der Waals surface area contributed by atoms with Gasteiger partial charge in [-0.25, -0.2) is 22.3 Å². The summed E-state index contributed by atoms with van der Waals surface area (Å²) in [7, 11) is -7.43. The number of rotatable bonds is 3. The van der Waals surface area contributed by atoms with Crippen LogP contribution in [-0.2, 0) is 26.4 Å². The summed E-state index contributed by atoms with van der Waals surface area (Å²) in [4.78, 5) is 24.1. The lowest BCUT2D eigenvalue weighted by molar-refractivity contribution is 0.0940. The van der Waals surface area contributed by atoms with Crippen LogP contribution in [-0.4, -0.2) is 77.2 Å². The van der Waals surface area contributed by atoms with E-state index >= 15 is 0 Å². The van der Waals surface area contributed by atoms with Crippen molar-refractivity contribution in [2.75, 3.05) is 29.2 Å². The van der Waals surface area contributed by atoms with E-state index in [0.717, 1.165) is 49.1 Å². The van der Waals surface area contributed by atoms with Crippen LogP contribution in [0, 0.1) is 5.82 Å². The molecule has 3 aromatic heterocycles. The monoisotopic (exact) mass is 568 g/mol. The van der Waals surface area contributed by atoms with Gasteiger partial charge < -0.3 is 10.2 Å². The average molecular weight is 569 g/mol. The van der Waals surface area contributed by atoms with Crippen molar-refractivity contribution in [2.45, 2.75) is 44.7 Å². The molecule has 3 aromatic rings. The van der Waals surface area contributed by atoms with Gasteiger partial charge in [-0.1, -0.05) is 0 Å². The predicted molar refractivity (Wildman–Crippen MR) is 138 cm³/mol. The Labute approximate surface area is 219 Å². The van der Waals surface area contributed by atoms with Crippen molar-refractivity contribution < 1.29 is 30.6 Å². The molecule has 12 nitrogen and oxygen atoms in total.